The fourth-order valence-corrected chi connectivity index (χ4v) is 5.87. The SMILES string of the molecule is CCCCS(=O)(=O)C1C(C)CC(C)CC1NCC. The molecule has 1 rings (SSSR count). The molecule has 1 N–H and O–H groups in total. The van der Waals surface area contributed by atoms with Gasteiger partial charge in [-0.05, 0) is 37.6 Å². The Balaban J connectivity index is 2.86. The summed E-state index contributed by atoms with van der Waals surface area (Å²) in [6, 6.07) is 0.149. The second-order valence-corrected chi connectivity index (χ2v) is 8.18. The Morgan fingerprint density at radius 1 is 1.17 bits per heavy atom. The summed E-state index contributed by atoms with van der Waals surface area (Å²) in [5, 5.41) is 3.22. The minimum atomic E-state index is -2.95. The van der Waals surface area contributed by atoms with E-state index in [1.807, 2.05) is 6.92 Å². The number of hydrogen-bond acceptors (Lipinski definition) is 3. The quantitative estimate of drug-likeness (QED) is 0.810. The van der Waals surface area contributed by atoms with Crippen molar-refractivity contribution in [2.75, 3.05) is 12.3 Å². The van der Waals surface area contributed by atoms with Gasteiger partial charge in [0.25, 0.3) is 0 Å². The third-order valence-electron chi connectivity index (χ3n) is 4.05. The first-order valence-corrected chi connectivity index (χ1v) is 9.08. The van der Waals surface area contributed by atoms with Gasteiger partial charge in [0.05, 0.1) is 11.0 Å². The first-order valence-electron chi connectivity index (χ1n) is 7.37. The summed E-state index contributed by atoms with van der Waals surface area (Å²) >= 11 is 0. The lowest BCUT2D eigenvalue weighted by molar-refractivity contribution is 0.244. The zero-order chi connectivity index (χ0) is 13.8. The fourth-order valence-electron chi connectivity index (χ4n) is 3.38. The molecule has 0 spiro atoms. The number of hydrogen-bond donors (Lipinski definition) is 1. The lowest BCUT2D eigenvalue weighted by Gasteiger charge is -2.39. The summed E-state index contributed by atoms with van der Waals surface area (Å²) in [6.07, 6.45) is 3.77. The maximum Gasteiger partial charge on any atom is 0.154 e. The molecular weight excluding hydrogens is 246 g/mol. The number of sulfone groups is 1. The Hall–Kier alpha value is -0.0900. The third kappa shape index (κ3) is 3.95. The molecule has 0 aliphatic heterocycles. The van der Waals surface area contributed by atoms with Gasteiger partial charge in [0.15, 0.2) is 9.84 Å². The Labute approximate surface area is 113 Å². The van der Waals surface area contributed by atoms with Gasteiger partial charge in [0, 0.05) is 6.04 Å². The second-order valence-electron chi connectivity index (χ2n) is 5.90. The van der Waals surface area contributed by atoms with Crippen LogP contribution < -0.4 is 5.32 Å². The Morgan fingerprint density at radius 2 is 1.83 bits per heavy atom. The highest BCUT2D eigenvalue weighted by atomic mass is 32.2. The molecule has 4 heteroatoms. The maximum atomic E-state index is 12.5. The van der Waals surface area contributed by atoms with Crippen LogP contribution in [-0.2, 0) is 9.84 Å². The standard InChI is InChI=1S/C14H29NO2S/c1-5-7-8-18(16,17)14-12(4)9-11(3)10-13(14)15-6-2/h11-15H,5-10H2,1-4H3. The molecule has 0 aromatic heterocycles. The average molecular weight is 275 g/mol. The Kier molecular flexibility index (Phi) is 6.12. The van der Waals surface area contributed by atoms with Crippen LogP contribution >= 0.6 is 0 Å². The van der Waals surface area contributed by atoms with E-state index >= 15 is 0 Å². The minimum absolute atomic E-state index is 0.149. The summed E-state index contributed by atoms with van der Waals surface area (Å²) in [5.74, 6) is 1.26. The van der Waals surface area contributed by atoms with Crippen molar-refractivity contribution < 1.29 is 8.42 Å². The molecular formula is C14H29NO2S. The van der Waals surface area contributed by atoms with Gasteiger partial charge in [0.2, 0.25) is 0 Å². The van der Waals surface area contributed by atoms with Gasteiger partial charge in [0.1, 0.15) is 0 Å². The summed E-state index contributed by atoms with van der Waals surface area (Å²) in [4.78, 5) is 0. The van der Waals surface area contributed by atoms with Gasteiger partial charge in [-0.15, -0.1) is 0 Å². The van der Waals surface area contributed by atoms with Crippen LogP contribution in [0.25, 0.3) is 0 Å². The van der Waals surface area contributed by atoms with Crippen molar-refractivity contribution in [2.45, 2.75) is 64.7 Å². The van der Waals surface area contributed by atoms with E-state index in [4.69, 9.17) is 0 Å². The van der Waals surface area contributed by atoms with Gasteiger partial charge in [-0.3, -0.25) is 0 Å². The van der Waals surface area contributed by atoms with Crippen LogP contribution in [0.3, 0.4) is 0 Å². The van der Waals surface area contributed by atoms with E-state index in [9.17, 15) is 8.42 Å². The highest BCUT2D eigenvalue weighted by Crippen LogP contribution is 2.34. The lowest BCUT2D eigenvalue weighted by atomic mass is 9.80. The van der Waals surface area contributed by atoms with E-state index in [-0.39, 0.29) is 17.2 Å². The average Bonchev–Trinajstić information content (AvgIpc) is 2.25. The molecule has 108 valence electrons. The van der Waals surface area contributed by atoms with Crippen LogP contribution in [0.2, 0.25) is 0 Å². The first kappa shape index (κ1) is 16.0. The molecule has 1 saturated carbocycles. The largest absolute Gasteiger partial charge is 0.313 e. The third-order valence-corrected chi connectivity index (χ3v) is 6.53. The van der Waals surface area contributed by atoms with E-state index in [2.05, 4.69) is 26.1 Å². The van der Waals surface area contributed by atoms with Crippen molar-refractivity contribution in [2.24, 2.45) is 11.8 Å². The van der Waals surface area contributed by atoms with Crippen molar-refractivity contribution in [3.63, 3.8) is 0 Å². The van der Waals surface area contributed by atoms with Crippen LogP contribution in [0.15, 0.2) is 0 Å². The van der Waals surface area contributed by atoms with Crippen LogP contribution in [0.1, 0.15) is 53.4 Å². The predicted molar refractivity (Wildman–Crippen MR) is 77.5 cm³/mol. The number of unbranched alkanes of at least 4 members (excludes halogenated alkanes) is 1. The van der Waals surface area contributed by atoms with Crippen molar-refractivity contribution in [3.05, 3.63) is 0 Å². The molecule has 1 aliphatic carbocycles. The first-order chi connectivity index (χ1) is 8.42. The second kappa shape index (κ2) is 6.90. The van der Waals surface area contributed by atoms with Crippen molar-refractivity contribution in [1.29, 1.82) is 0 Å². The summed E-state index contributed by atoms with van der Waals surface area (Å²) in [7, 11) is -2.95. The van der Waals surface area contributed by atoms with Gasteiger partial charge < -0.3 is 5.32 Å². The molecule has 4 unspecified atom stereocenters. The van der Waals surface area contributed by atoms with E-state index in [1.54, 1.807) is 0 Å². The van der Waals surface area contributed by atoms with E-state index in [0.29, 0.717) is 11.7 Å². The van der Waals surface area contributed by atoms with Gasteiger partial charge >= 0.3 is 0 Å². The molecule has 0 bridgehead atoms. The molecule has 1 fully saturated rings. The fraction of sp³-hybridized carbons (Fsp3) is 1.00. The molecule has 0 amide bonds. The van der Waals surface area contributed by atoms with E-state index < -0.39 is 9.84 Å². The van der Waals surface area contributed by atoms with Crippen molar-refractivity contribution >= 4 is 9.84 Å². The molecule has 0 heterocycles. The molecule has 0 aromatic carbocycles. The summed E-state index contributed by atoms with van der Waals surface area (Å²) in [6.45, 7) is 9.29. The molecule has 18 heavy (non-hydrogen) atoms. The smallest absolute Gasteiger partial charge is 0.154 e. The van der Waals surface area contributed by atoms with E-state index in [0.717, 1.165) is 32.2 Å². The van der Waals surface area contributed by atoms with Crippen LogP contribution in [0.5, 0.6) is 0 Å². The van der Waals surface area contributed by atoms with Crippen LogP contribution in [-0.4, -0.2) is 32.0 Å². The summed E-state index contributed by atoms with van der Waals surface area (Å²) in [5.41, 5.74) is 0. The Bertz CT molecular complexity index is 340. The predicted octanol–water partition coefficient (Wildman–Crippen LogP) is 2.61. The highest BCUT2D eigenvalue weighted by molar-refractivity contribution is 7.92. The van der Waals surface area contributed by atoms with Gasteiger partial charge in [-0.1, -0.05) is 34.1 Å². The highest BCUT2D eigenvalue weighted by Gasteiger charge is 2.41. The van der Waals surface area contributed by atoms with Crippen molar-refractivity contribution in [1.82, 2.24) is 5.32 Å². The Morgan fingerprint density at radius 3 is 2.39 bits per heavy atom. The minimum Gasteiger partial charge on any atom is -0.313 e. The van der Waals surface area contributed by atoms with Gasteiger partial charge in [-0.25, -0.2) is 8.42 Å². The molecule has 1 aliphatic rings. The lowest BCUT2D eigenvalue weighted by Crippen LogP contribution is -2.52. The zero-order valence-corrected chi connectivity index (χ0v) is 13.1. The molecule has 0 saturated heterocycles. The maximum absolute atomic E-state index is 12.5. The molecule has 0 radical (unpaired) electrons. The topological polar surface area (TPSA) is 46.2 Å². The molecule has 4 atom stereocenters. The van der Waals surface area contributed by atoms with Gasteiger partial charge in [-0.2, -0.15) is 0 Å². The van der Waals surface area contributed by atoms with Crippen molar-refractivity contribution in [3.8, 4) is 0 Å². The number of nitrogens with one attached hydrogen (secondary N) is 1. The van der Waals surface area contributed by atoms with Crippen LogP contribution in [0.4, 0.5) is 0 Å². The number of rotatable bonds is 6. The molecule has 3 nitrogen and oxygen atoms in total. The molecule has 0 aromatic rings. The normalized spacial score (nSPS) is 33.6. The monoisotopic (exact) mass is 275 g/mol. The summed E-state index contributed by atoms with van der Waals surface area (Å²) < 4.78 is 25.0. The zero-order valence-electron chi connectivity index (χ0n) is 12.3. The van der Waals surface area contributed by atoms with Crippen LogP contribution in [0, 0.1) is 11.8 Å². The van der Waals surface area contributed by atoms with E-state index in [1.165, 1.54) is 0 Å².